The summed E-state index contributed by atoms with van der Waals surface area (Å²) in [6.45, 7) is 0.441. The molecule has 2 amide bonds. The molecule has 0 radical (unpaired) electrons. The fourth-order valence-electron chi connectivity index (χ4n) is 3.91. The lowest BCUT2D eigenvalue weighted by Gasteiger charge is -2.20. The molecule has 1 aliphatic rings. The van der Waals surface area contributed by atoms with Crippen molar-refractivity contribution in [3.05, 3.63) is 30.0 Å². The summed E-state index contributed by atoms with van der Waals surface area (Å²) in [5.74, 6) is -3.74. The van der Waals surface area contributed by atoms with Crippen LogP contribution in [0.25, 0.3) is 10.9 Å². The van der Waals surface area contributed by atoms with Crippen LogP contribution >= 0.6 is 0 Å². The molecule has 11 heteroatoms. The third-order valence-electron chi connectivity index (χ3n) is 5.58. The molecule has 33 heavy (non-hydrogen) atoms. The monoisotopic (exact) mass is 464 g/mol. The molecule has 0 aliphatic carbocycles. The number of Topliss-reactive ketones (excluding diaryl/α,β-unsaturated/α-hetero) is 1. The predicted octanol–water partition coefficient (Wildman–Crippen LogP) is 2.85. The van der Waals surface area contributed by atoms with Crippen LogP contribution in [0.5, 0.6) is 5.75 Å². The number of alkyl halides is 3. The van der Waals surface area contributed by atoms with Crippen LogP contribution in [0.15, 0.2) is 24.3 Å². The summed E-state index contributed by atoms with van der Waals surface area (Å²) in [5.41, 5.74) is 0.614. The highest BCUT2D eigenvalue weighted by atomic mass is 19.4. The van der Waals surface area contributed by atoms with Crippen LogP contribution in [0, 0.1) is 23.2 Å². The van der Waals surface area contributed by atoms with Gasteiger partial charge in [-0.2, -0.15) is 18.4 Å². The van der Waals surface area contributed by atoms with Crippen molar-refractivity contribution in [3.8, 4) is 11.8 Å². The van der Waals surface area contributed by atoms with E-state index in [2.05, 4.69) is 15.6 Å². The third kappa shape index (κ3) is 6.03. The zero-order valence-corrected chi connectivity index (χ0v) is 17.8. The largest absolute Gasteiger partial charge is 0.496 e. The molecule has 0 saturated carbocycles. The van der Waals surface area contributed by atoms with E-state index in [0.717, 1.165) is 0 Å². The van der Waals surface area contributed by atoms with E-state index in [-0.39, 0.29) is 18.0 Å². The topological polar surface area (TPSA) is 124 Å². The number of halogens is 3. The molecule has 3 N–H and O–H groups in total. The van der Waals surface area contributed by atoms with Crippen molar-refractivity contribution in [1.29, 1.82) is 5.26 Å². The maximum atomic E-state index is 13.1. The van der Waals surface area contributed by atoms with Crippen LogP contribution < -0.4 is 15.4 Å². The maximum absolute atomic E-state index is 13.1. The Morgan fingerprint density at radius 2 is 2.12 bits per heavy atom. The Bertz CT molecular complexity index is 1090. The Kier molecular flexibility index (Phi) is 7.26. The van der Waals surface area contributed by atoms with E-state index >= 15 is 0 Å². The second-order valence-corrected chi connectivity index (χ2v) is 7.95. The number of carbonyl (C=O) groups excluding carboxylic acids is 3. The average molecular weight is 464 g/mol. The molecule has 1 aliphatic heterocycles. The fraction of sp³-hybridized carbons (Fsp3) is 0.455. The summed E-state index contributed by atoms with van der Waals surface area (Å²) in [5, 5.41) is 14.8. The van der Waals surface area contributed by atoms with Gasteiger partial charge in [0, 0.05) is 29.8 Å². The van der Waals surface area contributed by atoms with Crippen molar-refractivity contribution in [2.45, 2.75) is 37.9 Å². The van der Waals surface area contributed by atoms with E-state index in [1.165, 1.54) is 13.2 Å². The zero-order chi connectivity index (χ0) is 24.2. The molecule has 176 valence electrons. The third-order valence-corrected chi connectivity index (χ3v) is 5.58. The number of nitrogens with one attached hydrogen (secondary N) is 3. The van der Waals surface area contributed by atoms with Crippen LogP contribution in [0.3, 0.4) is 0 Å². The molecule has 1 fully saturated rings. The molecule has 3 rings (SSSR count). The van der Waals surface area contributed by atoms with Gasteiger partial charge < -0.3 is 20.4 Å². The van der Waals surface area contributed by atoms with E-state index in [0.29, 0.717) is 29.6 Å². The Labute approximate surface area is 187 Å². The molecular formula is C22H23F3N4O4. The number of ketones is 1. The number of fused-ring (bicyclic) bond motifs is 1. The average Bonchev–Trinajstić information content (AvgIpc) is 3.37. The number of ether oxygens (including phenoxy) is 1. The van der Waals surface area contributed by atoms with Gasteiger partial charge in [-0.25, -0.2) is 0 Å². The number of hydrogen-bond acceptors (Lipinski definition) is 5. The van der Waals surface area contributed by atoms with Crippen molar-refractivity contribution >= 4 is 28.5 Å². The molecule has 2 aromatic rings. The quantitative estimate of drug-likeness (QED) is 0.493. The molecule has 2 heterocycles. The first-order valence-corrected chi connectivity index (χ1v) is 10.3. The Hall–Kier alpha value is -3.55. The van der Waals surface area contributed by atoms with Crippen molar-refractivity contribution in [1.82, 2.24) is 15.6 Å². The highest BCUT2D eigenvalue weighted by molar-refractivity contribution is 6.02. The summed E-state index contributed by atoms with van der Waals surface area (Å²) in [6, 6.07) is 7.20. The molecular weight excluding hydrogens is 441 g/mol. The van der Waals surface area contributed by atoms with Crippen LogP contribution in [-0.2, 0) is 9.59 Å². The minimum absolute atomic E-state index is 0.0113. The number of carbonyl (C=O) groups is 3. The van der Waals surface area contributed by atoms with Gasteiger partial charge in [0.25, 0.3) is 0 Å². The van der Waals surface area contributed by atoms with Crippen molar-refractivity contribution in [3.63, 3.8) is 0 Å². The van der Waals surface area contributed by atoms with Gasteiger partial charge in [-0.1, -0.05) is 6.07 Å². The first-order valence-electron chi connectivity index (χ1n) is 10.3. The van der Waals surface area contributed by atoms with Crippen molar-refractivity contribution in [2.24, 2.45) is 11.8 Å². The van der Waals surface area contributed by atoms with Gasteiger partial charge in [0.2, 0.25) is 11.8 Å². The van der Waals surface area contributed by atoms with E-state index in [1.807, 2.05) is 6.07 Å². The number of H-pyrrole nitrogens is 1. The van der Waals surface area contributed by atoms with E-state index in [9.17, 15) is 32.8 Å². The number of benzene rings is 1. The van der Waals surface area contributed by atoms with Gasteiger partial charge in [-0.15, -0.1) is 0 Å². The molecule has 8 nitrogen and oxygen atoms in total. The Morgan fingerprint density at radius 1 is 1.36 bits per heavy atom. The predicted molar refractivity (Wildman–Crippen MR) is 111 cm³/mol. The SMILES string of the molecule is COc1cccc2[nH]c(C(=O)C[C@@H](CC(F)(F)F)C(=O)N[C@H](C#N)C[C@@H]3CCNC3=O)cc12. The van der Waals surface area contributed by atoms with Gasteiger partial charge in [0.15, 0.2) is 5.78 Å². The van der Waals surface area contributed by atoms with Gasteiger partial charge >= 0.3 is 6.18 Å². The highest BCUT2D eigenvalue weighted by Crippen LogP contribution is 2.30. The van der Waals surface area contributed by atoms with Crippen LogP contribution in [0.2, 0.25) is 0 Å². The number of amides is 2. The summed E-state index contributed by atoms with van der Waals surface area (Å²) in [4.78, 5) is 40.0. The highest BCUT2D eigenvalue weighted by Gasteiger charge is 2.38. The van der Waals surface area contributed by atoms with E-state index in [4.69, 9.17) is 4.74 Å². The standard InChI is InChI=1S/C22H23F3N4O4/c1-33-19-4-2-3-16-15(19)9-17(29-16)18(30)8-13(10-22(23,24)25)21(32)28-14(11-26)7-12-5-6-27-20(12)31/h2-4,9,12-14,29H,5-8,10H2,1H3,(H,27,31)(H,28,32)/t12-,13-,14-/m0/s1. The van der Waals surface area contributed by atoms with E-state index < -0.39 is 48.6 Å². The molecule has 0 spiro atoms. The summed E-state index contributed by atoms with van der Waals surface area (Å²) in [7, 11) is 1.45. The number of hydrogen-bond donors (Lipinski definition) is 3. The second kappa shape index (κ2) is 9.94. The van der Waals surface area contributed by atoms with Crippen molar-refractivity contribution in [2.75, 3.05) is 13.7 Å². The number of nitrogens with zero attached hydrogens (tertiary/aromatic N) is 1. The molecule has 3 atom stereocenters. The number of methoxy groups -OCH3 is 1. The van der Waals surface area contributed by atoms with Gasteiger partial charge in [0.05, 0.1) is 31.2 Å². The lowest BCUT2D eigenvalue weighted by Crippen LogP contribution is -2.41. The summed E-state index contributed by atoms with van der Waals surface area (Å²) in [6.07, 6.45) is -6.46. The zero-order valence-electron chi connectivity index (χ0n) is 17.8. The number of aromatic amines is 1. The van der Waals surface area contributed by atoms with Crippen LogP contribution in [-0.4, -0.2) is 48.5 Å². The van der Waals surface area contributed by atoms with Gasteiger partial charge in [0.1, 0.15) is 11.8 Å². The smallest absolute Gasteiger partial charge is 0.389 e. The number of aromatic nitrogens is 1. The van der Waals surface area contributed by atoms with E-state index in [1.54, 1.807) is 18.2 Å². The summed E-state index contributed by atoms with van der Waals surface area (Å²) >= 11 is 0. The van der Waals surface area contributed by atoms with Crippen LogP contribution in [0.1, 0.15) is 36.2 Å². The molecule has 1 aromatic heterocycles. The minimum Gasteiger partial charge on any atom is -0.496 e. The lowest BCUT2D eigenvalue weighted by molar-refractivity contribution is -0.154. The Balaban J connectivity index is 1.74. The fourth-order valence-corrected chi connectivity index (χ4v) is 3.91. The van der Waals surface area contributed by atoms with Crippen LogP contribution in [0.4, 0.5) is 13.2 Å². The normalized spacial score (nSPS) is 17.8. The number of nitriles is 1. The second-order valence-electron chi connectivity index (χ2n) is 7.95. The van der Waals surface area contributed by atoms with Crippen molar-refractivity contribution < 1.29 is 32.3 Å². The lowest BCUT2D eigenvalue weighted by atomic mass is 9.94. The maximum Gasteiger partial charge on any atom is 0.389 e. The molecule has 1 saturated heterocycles. The molecule has 1 aromatic carbocycles. The first kappa shape index (κ1) is 24.1. The molecule has 0 unspecified atom stereocenters. The van der Waals surface area contributed by atoms with Gasteiger partial charge in [-0.05, 0) is 31.0 Å². The first-order chi connectivity index (χ1) is 15.6. The minimum atomic E-state index is -4.70. The molecule has 0 bridgehead atoms. The Morgan fingerprint density at radius 3 is 2.73 bits per heavy atom. The van der Waals surface area contributed by atoms with Gasteiger partial charge in [-0.3, -0.25) is 14.4 Å². The number of rotatable bonds is 9. The summed E-state index contributed by atoms with van der Waals surface area (Å²) < 4.78 is 44.7.